The predicted octanol–water partition coefficient (Wildman–Crippen LogP) is 4.51. The van der Waals surface area contributed by atoms with Crippen LogP contribution in [0.1, 0.15) is 16.7 Å². The van der Waals surface area contributed by atoms with Crippen molar-refractivity contribution in [3.8, 4) is 11.5 Å². The average Bonchev–Trinajstić information content (AvgIpc) is 2.91. The Kier molecular flexibility index (Phi) is 8.66. The molecule has 1 saturated heterocycles. The Hall–Kier alpha value is -4.79. The number of nitrogens with one attached hydrogen (secondary N) is 2. The largest absolute Gasteiger partial charge is 0.493 e. The summed E-state index contributed by atoms with van der Waals surface area (Å²) in [6.45, 7) is 3.54. The third-order valence-corrected chi connectivity index (χ3v) is 6.77. The number of aryl methyl sites for hydroxylation is 2. The fourth-order valence-electron chi connectivity index (χ4n) is 4.05. The van der Waals surface area contributed by atoms with Crippen LogP contribution in [-0.4, -0.2) is 42.4 Å². The van der Waals surface area contributed by atoms with Gasteiger partial charge in [-0.25, -0.2) is 9.69 Å². The number of ether oxygens (including phenoxy) is 2. The Morgan fingerprint density at radius 3 is 2.56 bits per heavy atom. The van der Waals surface area contributed by atoms with E-state index in [0.717, 1.165) is 17.2 Å². The van der Waals surface area contributed by atoms with Crippen molar-refractivity contribution in [3.63, 3.8) is 0 Å². The minimum Gasteiger partial charge on any atom is -0.493 e. The normalized spacial score (nSPS) is 14.1. The number of barbiturate groups is 1. The summed E-state index contributed by atoms with van der Waals surface area (Å²) < 4.78 is 11.7. The molecule has 0 spiro atoms. The zero-order valence-corrected chi connectivity index (χ0v) is 24.2. The number of anilines is 2. The van der Waals surface area contributed by atoms with Gasteiger partial charge in [0.05, 0.1) is 21.3 Å². The highest BCUT2D eigenvalue weighted by Crippen LogP contribution is 2.35. The van der Waals surface area contributed by atoms with Gasteiger partial charge in [-0.1, -0.05) is 23.8 Å². The topological polar surface area (TPSA) is 157 Å². The molecule has 0 aliphatic carbocycles. The lowest BCUT2D eigenvalue weighted by Gasteiger charge is -2.26. The lowest BCUT2D eigenvalue weighted by molar-refractivity contribution is -0.384. The van der Waals surface area contributed by atoms with Crippen molar-refractivity contribution in [2.75, 3.05) is 23.9 Å². The Bertz CT molecular complexity index is 1640. The number of methoxy groups -OCH3 is 1. The molecule has 2 N–H and O–H groups in total. The van der Waals surface area contributed by atoms with Crippen LogP contribution < -0.4 is 25.0 Å². The zero-order valence-electron chi connectivity index (χ0n) is 22.0. The number of halogens is 1. The van der Waals surface area contributed by atoms with Crippen molar-refractivity contribution in [2.45, 2.75) is 13.8 Å². The van der Waals surface area contributed by atoms with E-state index in [1.165, 1.54) is 37.5 Å². The second-order valence-electron chi connectivity index (χ2n) is 8.92. The van der Waals surface area contributed by atoms with E-state index in [1.807, 2.05) is 54.6 Å². The fourth-order valence-corrected chi connectivity index (χ4v) is 4.83. The van der Waals surface area contributed by atoms with Crippen molar-refractivity contribution in [1.29, 1.82) is 0 Å². The summed E-state index contributed by atoms with van der Waals surface area (Å²) in [5, 5.41) is 16.0. The van der Waals surface area contributed by atoms with Crippen molar-refractivity contribution in [2.24, 2.45) is 0 Å². The molecule has 41 heavy (non-hydrogen) atoms. The zero-order chi connectivity index (χ0) is 29.8. The maximum absolute atomic E-state index is 13.2. The maximum atomic E-state index is 13.2. The summed E-state index contributed by atoms with van der Waals surface area (Å²) in [5.41, 5.74) is 2.23. The van der Waals surface area contributed by atoms with Crippen LogP contribution in [0.3, 0.4) is 0 Å². The summed E-state index contributed by atoms with van der Waals surface area (Å²) >= 11 is 1.97. The van der Waals surface area contributed by atoms with Crippen LogP contribution in [0.4, 0.5) is 21.9 Å². The van der Waals surface area contributed by atoms with Crippen molar-refractivity contribution >= 4 is 69.5 Å². The summed E-state index contributed by atoms with van der Waals surface area (Å²) in [4.78, 5) is 61.9. The summed E-state index contributed by atoms with van der Waals surface area (Å²) in [6, 6.07) is 12.6. The molecule has 0 radical (unpaired) electrons. The molecule has 1 fully saturated rings. The molecule has 1 heterocycles. The fraction of sp³-hybridized carbons (Fsp3) is 0.143. The van der Waals surface area contributed by atoms with Crippen LogP contribution in [0.5, 0.6) is 11.5 Å². The monoisotopic (exact) mass is 670 g/mol. The van der Waals surface area contributed by atoms with Crippen LogP contribution in [0.2, 0.25) is 0 Å². The summed E-state index contributed by atoms with van der Waals surface area (Å²) in [5.74, 6) is -1.76. The highest BCUT2D eigenvalue weighted by molar-refractivity contribution is 14.1. The van der Waals surface area contributed by atoms with E-state index in [-0.39, 0.29) is 41.0 Å². The minimum atomic E-state index is -1.03. The molecular weight excluding hydrogens is 647 g/mol. The smallest absolute Gasteiger partial charge is 0.335 e. The molecule has 13 heteroatoms. The van der Waals surface area contributed by atoms with E-state index in [1.54, 1.807) is 6.07 Å². The molecule has 5 amide bonds. The average molecular weight is 670 g/mol. The van der Waals surface area contributed by atoms with Gasteiger partial charge in [-0.2, -0.15) is 0 Å². The van der Waals surface area contributed by atoms with Gasteiger partial charge in [0.1, 0.15) is 5.57 Å². The van der Waals surface area contributed by atoms with E-state index in [4.69, 9.17) is 9.47 Å². The first-order valence-corrected chi connectivity index (χ1v) is 13.1. The lowest BCUT2D eigenvalue weighted by Crippen LogP contribution is -2.54. The van der Waals surface area contributed by atoms with Gasteiger partial charge >= 0.3 is 6.03 Å². The Morgan fingerprint density at radius 2 is 1.88 bits per heavy atom. The standard InChI is InChI=1S/C28H23IN4O8/c1-15-7-8-22(16(2)9-15)30-24(34)14-41-25-21(29)11-17(12-23(25)40-3)10-20-26(35)31-28(37)32(27(20)36)18-5-4-6-19(13-18)33(38)39/h4-13H,14H2,1-3H3,(H,30,34)(H,31,35,37)/b20-10-. The van der Waals surface area contributed by atoms with Crippen molar-refractivity contribution < 1.29 is 33.6 Å². The number of urea groups is 1. The number of imide groups is 2. The highest BCUT2D eigenvalue weighted by Gasteiger charge is 2.37. The quantitative estimate of drug-likeness (QED) is 0.117. The van der Waals surface area contributed by atoms with Crippen LogP contribution in [0.15, 0.2) is 60.2 Å². The van der Waals surface area contributed by atoms with E-state index in [2.05, 4.69) is 10.6 Å². The number of rotatable bonds is 8. The third-order valence-electron chi connectivity index (χ3n) is 5.97. The van der Waals surface area contributed by atoms with E-state index < -0.39 is 22.8 Å². The maximum Gasteiger partial charge on any atom is 0.335 e. The number of hydrogen-bond acceptors (Lipinski definition) is 8. The molecule has 0 bridgehead atoms. The molecule has 0 atom stereocenters. The van der Waals surface area contributed by atoms with Crippen LogP contribution >= 0.6 is 22.6 Å². The molecule has 3 aromatic carbocycles. The Labute approximate surface area is 247 Å². The van der Waals surface area contributed by atoms with Gasteiger partial charge in [-0.15, -0.1) is 0 Å². The molecular formula is C28H23IN4O8. The number of hydrogen-bond donors (Lipinski definition) is 2. The third kappa shape index (κ3) is 6.51. The first-order chi connectivity index (χ1) is 19.5. The van der Waals surface area contributed by atoms with Gasteiger partial charge in [0.15, 0.2) is 18.1 Å². The van der Waals surface area contributed by atoms with E-state index in [9.17, 15) is 29.3 Å². The molecule has 1 aliphatic rings. The van der Waals surface area contributed by atoms with Gasteiger partial charge in [-0.3, -0.25) is 29.8 Å². The molecule has 0 unspecified atom stereocenters. The molecule has 4 rings (SSSR count). The Morgan fingerprint density at radius 1 is 1.12 bits per heavy atom. The van der Waals surface area contributed by atoms with Crippen LogP contribution in [0, 0.1) is 27.5 Å². The molecule has 210 valence electrons. The van der Waals surface area contributed by atoms with Crippen LogP contribution in [0.25, 0.3) is 6.08 Å². The number of carbonyl (C=O) groups excluding carboxylic acids is 4. The highest BCUT2D eigenvalue weighted by atomic mass is 127. The van der Waals surface area contributed by atoms with Gasteiger partial charge < -0.3 is 14.8 Å². The number of nitrogens with zero attached hydrogens (tertiary/aromatic N) is 2. The lowest BCUT2D eigenvalue weighted by atomic mass is 10.1. The number of amides is 5. The van der Waals surface area contributed by atoms with Crippen molar-refractivity contribution in [1.82, 2.24) is 5.32 Å². The first-order valence-electron chi connectivity index (χ1n) is 12.0. The second kappa shape index (κ2) is 12.2. The summed E-state index contributed by atoms with van der Waals surface area (Å²) in [7, 11) is 1.39. The van der Waals surface area contributed by atoms with Gasteiger partial charge in [0.2, 0.25) is 0 Å². The SMILES string of the molecule is COc1cc(/C=C2/C(=O)NC(=O)N(c3cccc([N+](=O)[O-])c3)C2=O)cc(I)c1OCC(=O)Nc1ccc(C)cc1C. The minimum absolute atomic E-state index is 0.0740. The van der Waals surface area contributed by atoms with Crippen LogP contribution in [-0.2, 0) is 14.4 Å². The van der Waals surface area contributed by atoms with E-state index >= 15 is 0 Å². The Balaban J connectivity index is 1.57. The number of benzene rings is 3. The molecule has 0 aromatic heterocycles. The number of carbonyl (C=O) groups is 4. The number of nitro groups is 1. The predicted molar refractivity (Wildman–Crippen MR) is 158 cm³/mol. The molecule has 1 aliphatic heterocycles. The molecule has 3 aromatic rings. The molecule has 0 saturated carbocycles. The number of non-ortho nitro benzene ring substituents is 1. The summed E-state index contributed by atoms with van der Waals surface area (Å²) in [6.07, 6.45) is 1.26. The van der Waals surface area contributed by atoms with Gasteiger partial charge in [0.25, 0.3) is 23.4 Å². The van der Waals surface area contributed by atoms with E-state index in [0.29, 0.717) is 19.7 Å². The molecule has 12 nitrogen and oxygen atoms in total. The number of nitro benzene ring substituents is 1. The second-order valence-corrected chi connectivity index (χ2v) is 10.1. The first kappa shape index (κ1) is 29.2. The van der Waals surface area contributed by atoms with Crippen molar-refractivity contribution in [3.05, 3.63) is 90.5 Å². The van der Waals surface area contributed by atoms with Gasteiger partial charge in [-0.05, 0) is 77.9 Å². The van der Waals surface area contributed by atoms with Gasteiger partial charge in [0, 0.05) is 17.8 Å².